The maximum absolute atomic E-state index is 5.64. The first-order valence-corrected chi connectivity index (χ1v) is 9.75. The van der Waals surface area contributed by atoms with Gasteiger partial charge in [-0.3, -0.25) is 4.99 Å². The zero-order valence-electron chi connectivity index (χ0n) is 15.1. The summed E-state index contributed by atoms with van der Waals surface area (Å²) < 4.78 is 5.64. The highest BCUT2D eigenvalue weighted by atomic mass is 127. The summed E-state index contributed by atoms with van der Waals surface area (Å²) in [6, 6.07) is 10.3. The van der Waals surface area contributed by atoms with E-state index < -0.39 is 0 Å². The maximum Gasteiger partial charge on any atom is 0.191 e. The number of guanidine groups is 1. The quantitative estimate of drug-likeness (QED) is 0.244. The third-order valence-electron chi connectivity index (χ3n) is 4.04. The highest BCUT2D eigenvalue weighted by Crippen LogP contribution is 2.28. The predicted octanol–water partition coefficient (Wildman–Crippen LogP) is 3.91. The monoisotopic (exact) mass is 486 g/mol. The molecular weight excluding hydrogens is 459 g/mol. The molecule has 0 aliphatic heterocycles. The molecule has 2 N–H and O–H groups in total. The summed E-state index contributed by atoms with van der Waals surface area (Å²) in [6.07, 6.45) is 3.68. The number of hydrogen-bond acceptors (Lipinski definition) is 4. The number of rotatable bonds is 9. The van der Waals surface area contributed by atoms with E-state index in [-0.39, 0.29) is 24.0 Å². The Bertz CT molecular complexity index is 673. The number of ether oxygens (including phenoxy) is 1. The van der Waals surface area contributed by atoms with Crippen molar-refractivity contribution in [1.82, 2.24) is 15.6 Å². The van der Waals surface area contributed by atoms with Crippen LogP contribution in [0.1, 0.15) is 25.0 Å². The third kappa shape index (κ3) is 7.20. The van der Waals surface area contributed by atoms with Crippen molar-refractivity contribution in [3.63, 3.8) is 0 Å². The first-order chi connectivity index (χ1) is 12.3. The molecule has 2 aromatic rings. The average Bonchev–Trinajstić information content (AvgIpc) is 3.36. The minimum atomic E-state index is 0. The van der Waals surface area contributed by atoms with Crippen molar-refractivity contribution in [2.24, 2.45) is 10.9 Å². The van der Waals surface area contributed by atoms with Crippen LogP contribution in [0.25, 0.3) is 10.6 Å². The molecule has 0 radical (unpaired) electrons. The molecule has 26 heavy (non-hydrogen) atoms. The fourth-order valence-electron chi connectivity index (χ4n) is 2.41. The lowest BCUT2D eigenvalue weighted by Crippen LogP contribution is -2.37. The van der Waals surface area contributed by atoms with Crippen LogP contribution in [0, 0.1) is 5.92 Å². The first kappa shape index (κ1) is 21.1. The minimum absolute atomic E-state index is 0. The molecule has 3 rings (SSSR count). The zero-order valence-corrected chi connectivity index (χ0v) is 18.3. The van der Waals surface area contributed by atoms with Crippen LogP contribution in [-0.2, 0) is 11.3 Å². The predicted molar refractivity (Wildman–Crippen MR) is 119 cm³/mol. The summed E-state index contributed by atoms with van der Waals surface area (Å²) in [5.74, 6) is 1.64. The van der Waals surface area contributed by atoms with Gasteiger partial charge < -0.3 is 15.4 Å². The van der Waals surface area contributed by atoms with Crippen molar-refractivity contribution in [2.45, 2.75) is 25.8 Å². The molecule has 0 bridgehead atoms. The molecule has 1 fully saturated rings. The standard InChI is InChI=1S/C19H26N4OS.HI/c1-20-19(21-10-5-11-24-13-15-8-9-15)22-12-17-14-25-18(23-17)16-6-3-2-4-7-16;/h2-4,6-7,14-15H,5,8-13H2,1H3,(H2,20,21,22);1H. The molecule has 1 aromatic carbocycles. The number of nitrogens with zero attached hydrogens (tertiary/aromatic N) is 2. The molecule has 1 aliphatic rings. The average molecular weight is 486 g/mol. The topological polar surface area (TPSA) is 58.5 Å². The number of nitrogens with one attached hydrogen (secondary N) is 2. The lowest BCUT2D eigenvalue weighted by molar-refractivity contribution is 0.123. The molecular formula is C19H27IN4OS. The molecule has 1 heterocycles. The SMILES string of the molecule is CN=C(NCCCOCC1CC1)NCc1csc(-c2ccccc2)n1.I. The lowest BCUT2D eigenvalue weighted by Gasteiger charge is -2.11. The molecule has 1 aromatic heterocycles. The highest BCUT2D eigenvalue weighted by molar-refractivity contribution is 14.0. The number of benzene rings is 1. The number of aromatic nitrogens is 1. The second-order valence-corrected chi connectivity index (χ2v) is 7.09. The number of halogens is 1. The second-order valence-electron chi connectivity index (χ2n) is 6.23. The van der Waals surface area contributed by atoms with Crippen molar-refractivity contribution >= 4 is 41.3 Å². The van der Waals surface area contributed by atoms with E-state index in [0.29, 0.717) is 6.54 Å². The van der Waals surface area contributed by atoms with Gasteiger partial charge in [0.25, 0.3) is 0 Å². The van der Waals surface area contributed by atoms with Crippen LogP contribution in [0.3, 0.4) is 0 Å². The van der Waals surface area contributed by atoms with Crippen molar-refractivity contribution in [1.29, 1.82) is 0 Å². The molecule has 142 valence electrons. The van der Waals surface area contributed by atoms with Crippen molar-refractivity contribution in [2.75, 3.05) is 26.8 Å². The van der Waals surface area contributed by atoms with Crippen LogP contribution in [0.2, 0.25) is 0 Å². The van der Waals surface area contributed by atoms with Gasteiger partial charge in [-0.1, -0.05) is 30.3 Å². The summed E-state index contributed by atoms with van der Waals surface area (Å²) in [5, 5.41) is 9.77. The summed E-state index contributed by atoms with van der Waals surface area (Å²) in [5.41, 5.74) is 2.19. The van der Waals surface area contributed by atoms with Crippen LogP contribution in [-0.4, -0.2) is 37.7 Å². The maximum atomic E-state index is 5.64. The number of hydrogen-bond donors (Lipinski definition) is 2. The van der Waals surface area contributed by atoms with Crippen molar-refractivity contribution in [3.8, 4) is 10.6 Å². The fraction of sp³-hybridized carbons (Fsp3) is 0.474. The largest absolute Gasteiger partial charge is 0.381 e. The van der Waals surface area contributed by atoms with E-state index >= 15 is 0 Å². The van der Waals surface area contributed by atoms with Crippen molar-refractivity contribution < 1.29 is 4.74 Å². The molecule has 0 unspecified atom stereocenters. The van der Waals surface area contributed by atoms with Gasteiger partial charge >= 0.3 is 0 Å². The fourth-order valence-corrected chi connectivity index (χ4v) is 3.24. The summed E-state index contributed by atoms with van der Waals surface area (Å²) >= 11 is 1.67. The van der Waals surface area contributed by atoms with Crippen LogP contribution in [0.15, 0.2) is 40.7 Å². The Morgan fingerprint density at radius 1 is 1.27 bits per heavy atom. The molecule has 1 saturated carbocycles. The molecule has 0 atom stereocenters. The van der Waals surface area contributed by atoms with Gasteiger partial charge in [-0.2, -0.15) is 0 Å². The molecule has 1 aliphatic carbocycles. The van der Waals surface area contributed by atoms with Crippen LogP contribution in [0.5, 0.6) is 0 Å². The van der Waals surface area contributed by atoms with Crippen LogP contribution >= 0.6 is 35.3 Å². The van der Waals surface area contributed by atoms with E-state index in [9.17, 15) is 0 Å². The molecule has 0 spiro atoms. The van der Waals surface area contributed by atoms with Gasteiger partial charge in [0.2, 0.25) is 0 Å². The Balaban J connectivity index is 0.00000243. The van der Waals surface area contributed by atoms with Gasteiger partial charge in [-0.05, 0) is 25.2 Å². The third-order valence-corrected chi connectivity index (χ3v) is 4.98. The van der Waals surface area contributed by atoms with E-state index in [1.165, 1.54) is 12.8 Å². The lowest BCUT2D eigenvalue weighted by atomic mass is 10.2. The number of aliphatic imine (C=N–C) groups is 1. The second kappa shape index (κ2) is 11.5. The Morgan fingerprint density at radius 2 is 2.08 bits per heavy atom. The first-order valence-electron chi connectivity index (χ1n) is 8.87. The Hall–Kier alpha value is -1.19. The summed E-state index contributed by atoms with van der Waals surface area (Å²) in [7, 11) is 1.79. The van der Waals surface area contributed by atoms with Crippen LogP contribution in [0.4, 0.5) is 0 Å². The van der Waals surface area contributed by atoms with E-state index in [1.54, 1.807) is 18.4 Å². The summed E-state index contributed by atoms with van der Waals surface area (Å²) in [6.45, 7) is 3.27. The summed E-state index contributed by atoms with van der Waals surface area (Å²) in [4.78, 5) is 8.94. The molecule has 0 saturated heterocycles. The van der Waals surface area contributed by atoms with Crippen molar-refractivity contribution in [3.05, 3.63) is 41.4 Å². The van der Waals surface area contributed by atoms with E-state index in [0.717, 1.165) is 54.3 Å². The smallest absolute Gasteiger partial charge is 0.191 e. The highest BCUT2D eigenvalue weighted by Gasteiger charge is 2.20. The minimum Gasteiger partial charge on any atom is -0.381 e. The Kier molecular flexibility index (Phi) is 9.35. The molecule has 5 nitrogen and oxygen atoms in total. The Labute approximate surface area is 176 Å². The van der Waals surface area contributed by atoms with Gasteiger partial charge in [-0.15, -0.1) is 35.3 Å². The van der Waals surface area contributed by atoms with Gasteiger partial charge in [0, 0.05) is 37.7 Å². The zero-order chi connectivity index (χ0) is 17.3. The van der Waals surface area contributed by atoms with Gasteiger partial charge in [0.05, 0.1) is 12.2 Å². The van der Waals surface area contributed by atoms with Gasteiger partial charge in [-0.25, -0.2) is 4.98 Å². The van der Waals surface area contributed by atoms with Crippen LogP contribution < -0.4 is 10.6 Å². The molecule has 0 amide bonds. The van der Waals surface area contributed by atoms with E-state index in [2.05, 4.69) is 38.1 Å². The molecule has 7 heteroatoms. The number of thiazole rings is 1. The van der Waals surface area contributed by atoms with E-state index in [1.807, 2.05) is 18.2 Å². The normalized spacial score (nSPS) is 14.0. The Morgan fingerprint density at radius 3 is 2.81 bits per heavy atom. The van der Waals surface area contributed by atoms with Gasteiger partial charge in [0.1, 0.15) is 5.01 Å². The van der Waals surface area contributed by atoms with Gasteiger partial charge in [0.15, 0.2) is 5.96 Å². The van der Waals surface area contributed by atoms with E-state index in [4.69, 9.17) is 4.74 Å².